The predicted octanol–water partition coefficient (Wildman–Crippen LogP) is -10.3. The topological polar surface area (TPSA) is 674 Å². The highest BCUT2D eigenvalue weighted by atomic mass is 16.5. The molecule has 0 saturated heterocycles. The smallest absolute Gasteiger partial charge is 0.326 e. The van der Waals surface area contributed by atoms with Crippen LogP contribution in [0.15, 0.2) is 12.2 Å². The van der Waals surface area contributed by atoms with Crippen molar-refractivity contribution in [1.82, 2.24) is 58.5 Å². The summed E-state index contributed by atoms with van der Waals surface area (Å²) in [6.45, 7) is 2.41. The number of carbonyl (C=O) groups is 20. The van der Waals surface area contributed by atoms with Gasteiger partial charge in [0.05, 0.1) is 84.3 Å². The molecule has 0 unspecified atom stereocenters. The van der Waals surface area contributed by atoms with Crippen molar-refractivity contribution in [2.24, 2.45) is 0 Å². The first-order valence-corrected chi connectivity index (χ1v) is 24.9. The predicted molar refractivity (Wildman–Crippen MR) is 277 cm³/mol. The maximum absolute atomic E-state index is 13.5. The molecule has 0 aliphatic heterocycles. The molecule has 0 radical (unpaired) electrons. The zero-order valence-corrected chi connectivity index (χ0v) is 45.9. The molecule has 488 valence electrons. The summed E-state index contributed by atoms with van der Waals surface area (Å²) in [5, 5.41) is 105. The lowest BCUT2D eigenvalue weighted by atomic mass is 10.1. The monoisotopic (exact) mass is 1270 g/mol. The molecule has 42 nitrogen and oxygen atoms in total. The minimum Gasteiger partial charge on any atom is -0.481 e. The van der Waals surface area contributed by atoms with Crippen molar-refractivity contribution in [1.29, 1.82) is 0 Å². The highest BCUT2D eigenvalue weighted by Crippen LogP contribution is 2.07. The molecule has 20 N–H and O–H groups in total. The van der Waals surface area contributed by atoms with Crippen LogP contribution in [0.25, 0.3) is 0 Å². The molecule has 0 heterocycles. The Morgan fingerprint density at radius 1 is 0.318 bits per heavy atom. The summed E-state index contributed by atoms with van der Waals surface area (Å²) >= 11 is 0. The second kappa shape index (κ2) is 39.6. The lowest BCUT2D eigenvalue weighted by Crippen LogP contribution is -2.61. The third kappa shape index (κ3) is 34.0. The summed E-state index contributed by atoms with van der Waals surface area (Å²) in [6.07, 6.45) is -11.3. The van der Waals surface area contributed by atoms with Crippen molar-refractivity contribution >= 4 is 119 Å². The summed E-state index contributed by atoms with van der Waals surface area (Å²) in [5.41, 5.74) is 0.158. The molecule has 0 fully saturated rings. The van der Waals surface area contributed by atoms with Crippen LogP contribution in [0.2, 0.25) is 0 Å². The maximum atomic E-state index is 13.5. The van der Waals surface area contributed by atoms with Crippen molar-refractivity contribution < 1.29 is 151 Å². The van der Waals surface area contributed by atoms with Crippen molar-refractivity contribution in [3.05, 3.63) is 12.2 Å². The largest absolute Gasteiger partial charge is 0.481 e. The van der Waals surface area contributed by atoms with E-state index in [9.17, 15) is 137 Å². The van der Waals surface area contributed by atoms with Crippen LogP contribution < -0.4 is 58.5 Å². The van der Waals surface area contributed by atoms with E-state index in [1.807, 2.05) is 5.32 Å². The van der Waals surface area contributed by atoms with Gasteiger partial charge in [-0.25, -0.2) is 4.79 Å². The molecule has 88 heavy (non-hydrogen) atoms. The molecule has 42 heteroatoms. The van der Waals surface area contributed by atoms with Gasteiger partial charge in [-0.1, -0.05) is 6.58 Å². The Kier molecular flexibility index (Phi) is 34.7. The van der Waals surface area contributed by atoms with Crippen molar-refractivity contribution in [3.63, 3.8) is 0 Å². The summed E-state index contributed by atoms with van der Waals surface area (Å²) < 4.78 is 10.3. The molecule has 0 rings (SSSR count). The van der Waals surface area contributed by atoms with Gasteiger partial charge in [0.1, 0.15) is 54.9 Å². The number of hydrogen-bond donors (Lipinski definition) is 20. The Morgan fingerprint density at radius 2 is 0.568 bits per heavy atom. The Hall–Kier alpha value is -10.9. The summed E-state index contributed by atoms with van der Waals surface area (Å²) in [4.78, 5) is 246. The molecule has 0 aromatic heterocycles. The lowest BCUT2D eigenvalue weighted by molar-refractivity contribution is -0.148. The Labute approximate surface area is 492 Å². The van der Waals surface area contributed by atoms with Crippen LogP contribution in [0.3, 0.4) is 0 Å². The minimum absolute atomic E-state index is 0.0635. The molecule has 0 spiro atoms. The quantitative estimate of drug-likeness (QED) is 0.0199. The minimum atomic E-state index is -2.51. The number of nitrogens with one attached hydrogen (secondary N) is 11. The van der Waals surface area contributed by atoms with E-state index in [0.717, 1.165) is 0 Å². The Bertz CT molecular complexity index is 2700. The first-order chi connectivity index (χ1) is 40.9. The van der Waals surface area contributed by atoms with Gasteiger partial charge in [0.15, 0.2) is 0 Å². The van der Waals surface area contributed by atoms with Crippen LogP contribution in [0.1, 0.15) is 58.3 Å². The van der Waals surface area contributed by atoms with Gasteiger partial charge in [0.25, 0.3) is 0 Å². The zero-order chi connectivity index (χ0) is 67.5. The van der Waals surface area contributed by atoms with Gasteiger partial charge >= 0.3 is 53.7 Å². The third-order valence-electron chi connectivity index (χ3n) is 10.5. The zero-order valence-electron chi connectivity index (χ0n) is 45.9. The van der Waals surface area contributed by atoms with E-state index in [1.54, 1.807) is 37.2 Å². The average Bonchev–Trinajstić information content (AvgIpc) is 3.55. The number of carbonyl (C=O) groups excluding carboxylic acids is 11. The standard InChI is InChI=1S/C46H63N11O31/c1-18(2)38(77)49-16-28(59)48-15-27(58)47-3-4-87-5-6-88-17-29(60)50-19(7-30(61)62)39(78)51-20(8-31(63)64)40(79)52-21(9-32(65)66)41(80)53-22(10-33(67)68)42(81)54-23(11-34(69)70)43(82)55-24(12-35(71)72)44(83)56-25(13-36(73)74)45(84)57-26(46(85)86)14-37(75)76/h19-26H,1,3-17H2,2H3,(H,47,58)(H,48,59)(H,49,77)(H,50,60)(H,51,78)(H,52,79)(H,53,80)(H,54,81)(H,55,82)(H,56,83)(H,57,84)(H,61,62)(H,63,64)(H,65,66)(H,67,68)(H,69,70)(H,71,72)(H,73,74)(H,75,76)(H,85,86)/t19-,20-,21-,22-,23-,24-,25-,26-/m0/s1. The van der Waals surface area contributed by atoms with Gasteiger partial charge in [-0.05, 0) is 6.92 Å². The van der Waals surface area contributed by atoms with Crippen molar-refractivity contribution in [3.8, 4) is 0 Å². The molecule has 0 saturated carbocycles. The number of aliphatic carboxylic acids is 9. The average molecular weight is 1270 g/mol. The lowest BCUT2D eigenvalue weighted by Gasteiger charge is -2.26. The molecule has 11 amide bonds. The molecule has 0 bridgehead atoms. The van der Waals surface area contributed by atoms with Crippen LogP contribution in [0, 0.1) is 0 Å². The van der Waals surface area contributed by atoms with Crippen LogP contribution in [0.5, 0.6) is 0 Å². The second-order valence-corrected chi connectivity index (χ2v) is 17.9. The number of hydrogen-bond acceptors (Lipinski definition) is 22. The fraction of sp³-hybridized carbons (Fsp3) is 0.522. The van der Waals surface area contributed by atoms with E-state index in [1.165, 1.54) is 6.92 Å². The normalized spacial score (nSPS) is 13.2. The molecule has 0 aromatic carbocycles. The Balaban J connectivity index is 6.22. The second-order valence-electron chi connectivity index (χ2n) is 17.9. The van der Waals surface area contributed by atoms with Gasteiger partial charge in [-0.2, -0.15) is 0 Å². The third-order valence-corrected chi connectivity index (χ3v) is 10.5. The molecular weight excluding hydrogens is 1200 g/mol. The van der Waals surface area contributed by atoms with E-state index in [4.69, 9.17) is 14.6 Å². The fourth-order valence-corrected chi connectivity index (χ4v) is 6.47. The number of carboxylic acids is 9. The van der Waals surface area contributed by atoms with E-state index >= 15 is 0 Å². The van der Waals surface area contributed by atoms with Crippen LogP contribution in [-0.2, 0) is 105 Å². The van der Waals surface area contributed by atoms with Crippen molar-refractivity contribution in [2.75, 3.05) is 46.1 Å². The van der Waals surface area contributed by atoms with Gasteiger partial charge in [-0.3, -0.25) is 91.1 Å². The number of ether oxygens (including phenoxy) is 2. The van der Waals surface area contributed by atoms with Gasteiger partial charge in [0.2, 0.25) is 65.0 Å². The van der Waals surface area contributed by atoms with E-state index in [2.05, 4.69) is 22.5 Å². The van der Waals surface area contributed by atoms with Gasteiger partial charge < -0.3 is 114 Å². The highest BCUT2D eigenvalue weighted by Gasteiger charge is 2.38. The van der Waals surface area contributed by atoms with E-state index in [0.29, 0.717) is 0 Å². The molecule has 0 aliphatic rings. The fourth-order valence-electron chi connectivity index (χ4n) is 6.47. The van der Waals surface area contributed by atoms with E-state index < -0.39 is 238 Å². The Morgan fingerprint density at radius 3 is 0.852 bits per heavy atom. The molecule has 0 aromatic rings. The summed E-state index contributed by atoms with van der Waals surface area (Å²) in [7, 11) is 0. The highest BCUT2D eigenvalue weighted by molar-refractivity contribution is 6.02. The maximum Gasteiger partial charge on any atom is 0.326 e. The van der Waals surface area contributed by atoms with Crippen LogP contribution >= 0.6 is 0 Å². The first kappa shape index (κ1) is 77.1. The molecular formula is C46H63N11O31. The molecule has 8 atom stereocenters. The molecule has 0 aliphatic carbocycles. The van der Waals surface area contributed by atoms with E-state index in [-0.39, 0.29) is 31.9 Å². The van der Waals surface area contributed by atoms with Gasteiger partial charge in [-0.15, -0.1) is 0 Å². The van der Waals surface area contributed by atoms with Crippen molar-refractivity contribution in [2.45, 2.75) is 107 Å². The SMILES string of the molecule is C=C(C)C(=O)NCC(=O)NCC(=O)NCCOCCOCC(=O)N[C@@H](CC(=O)O)C(=O)N[C@@H](CC(=O)O)C(=O)N[C@@H](CC(=O)O)C(=O)N[C@@H](CC(=O)O)C(=O)N[C@@H](CC(=O)O)C(=O)N[C@@H](CC(=O)O)C(=O)N[C@@H](CC(=O)O)C(=O)N[C@@H](CC(=O)O)C(=O)O. The number of rotatable bonds is 45. The summed E-state index contributed by atoms with van der Waals surface area (Å²) in [5.74, 6) is -32.2. The van der Waals surface area contributed by atoms with Gasteiger partial charge in [0, 0.05) is 12.1 Å². The first-order valence-electron chi connectivity index (χ1n) is 24.9. The van der Waals surface area contributed by atoms with Crippen LogP contribution in [0.4, 0.5) is 0 Å². The van der Waals surface area contributed by atoms with Crippen LogP contribution in [-0.4, -0.2) is 259 Å². The summed E-state index contributed by atoms with van der Waals surface area (Å²) in [6, 6.07) is -19.0. The number of carboxylic acid groups (broad SMARTS) is 9. The number of amides is 11.